The van der Waals surface area contributed by atoms with Crippen molar-refractivity contribution in [3.63, 3.8) is 0 Å². The molecule has 2 heteroatoms. The molecule has 0 saturated carbocycles. The van der Waals surface area contributed by atoms with E-state index in [2.05, 4.69) is 47.8 Å². The van der Waals surface area contributed by atoms with E-state index in [9.17, 15) is 0 Å². The van der Waals surface area contributed by atoms with Crippen LogP contribution in [0.2, 0.25) is 0 Å². The van der Waals surface area contributed by atoms with Crippen molar-refractivity contribution in [1.29, 1.82) is 0 Å². The average Bonchev–Trinajstić information content (AvgIpc) is 2.47. The predicted molar refractivity (Wildman–Crippen MR) is 71.8 cm³/mol. The van der Waals surface area contributed by atoms with E-state index in [0.29, 0.717) is 6.04 Å². The minimum absolute atomic E-state index is 0.407. The summed E-state index contributed by atoms with van der Waals surface area (Å²) in [6.45, 7) is 1.15. The average molecular weight is 240 g/mol. The molecular weight excluding hydrogens is 222 g/mol. The Hall–Kier alpha value is -1.80. The lowest BCUT2D eigenvalue weighted by molar-refractivity contribution is -0.690. The van der Waals surface area contributed by atoms with Crippen LogP contribution in [0.25, 0.3) is 0 Å². The van der Waals surface area contributed by atoms with Crippen LogP contribution in [0.4, 0.5) is 0 Å². The second-order valence-corrected chi connectivity index (χ2v) is 4.73. The maximum absolute atomic E-state index is 5.32. The van der Waals surface area contributed by atoms with Crippen molar-refractivity contribution in [3.05, 3.63) is 65.2 Å². The molecule has 18 heavy (non-hydrogen) atoms. The number of rotatable bonds is 2. The molecule has 92 valence electrons. The molecule has 3 rings (SSSR count). The number of benzene rings is 2. The maximum Gasteiger partial charge on any atom is 0.138 e. The molecular formula is C16H18NO+. The zero-order valence-corrected chi connectivity index (χ0v) is 10.6. The highest BCUT2D eigenvalue weighted by molar-refractivity contribution is 5.39. The van der Waals surface area contributed by atoms with Crippen LogP contribution in [-0.2, 0) is 6.42 Å². The molecule has 1 aliphatic heterocycles. The molecule has 2 N–H and O–H groups in total. The Morgan fingerprint density at radius 1 is 1.11 bits per heavy atom. The van der Waals surface area contributed by atoms with Gasteiger partial charge in [-0.25, -0.2) is 0 Å². The fraction of sp³-hybridized carbons (Fsp3) is 0.250. The number of methoxy groups -OCH3 is 1. The molecule has 2 aromatic rings. The van der Waals surface area contributed by atoms with Gasteiger partial charge in [-0.15, -0.1) is 0 Å². The Balaban J connectivity index is 2.02. The third kappa shape index (κ3) is 2.00. The molecule has 1 atom stereocenters. The van der Waals surface area contributed by atoms with E-state index < -0.39 is 0 Å². The van der Waals surface area contributed by atoms with Crippen molar-refractivity contribution < 1.29 is 10.1 Å². The van der Waals surface area contributed by atoms with Crippen molar-refractivity contribution in [2.45, 2.75) is 12.5 Å². The summed E-state index contributed by atoms with van der Waals surface area (Å²) in [4.78, 5) is 0. The fourth-order valence-corrected chi connectivity index (χ4v) is 2.75. The summed E-state index contributed by atoms with van der Waals surface area (Å²) in [6, 6.07) is 17.6. The first kappa shape index (κ1) is 11.3. The van der Waals surface area contributed by atoms with Gasteiger partial charge in [0, 0.05) is 17.5 Å². The predicted octanol–water partition coefficient (Wildman–Crippen LogP) is 1.90. The Kier molecular flexibility index (Phi) is 3.03. The molecule has 0 unspecified atom stereocenters. The standard InChI is InChI=1S/C16H17NO/c1-18-14-7-4-6-13(11-14)16-15-8-3-2-5-12(15)9-10-17-16/h2-8,11,16-17H,9-10H2,1H3/p+1/t16-/m0/s1. The molecule has 2 nitrogen and oxygen atoms in total. The molecule has 0 spiro atoms. The van der Waals surface area contributed by atoms with E-state index in [1.54, 1.807) is 7.11 Å². The van der Waals surface area contributed by atoms with Gasteiger partial charge in [-0.1, -0.05) is 36.4 Å². The van der Waals surface area contributed by atoms with E-state index >= 15 is 0 Å². The minimum atomic E-state index is 0.407. The Morgan fingerprint density at radius 3 is 2.89 bits per heavy atom. The van der Waals surface area contributed by atoms with E-state index in [1.165, 1.54) is 16.7 Å². The van der Waals surface area contributed by atoms with Crippen LogP contribution in [0.3, 0.4) is 0 Å². The van der Waals surface area contributed by atoms with Gasteiger partial charge in [-0.05, 0) is 17.7 Å². The zero-order valence-electron chi connectivity index (χ0n) is 10.6. The van der Waals surface area contributed by atoms with Gasteiger partial charge in [-0.3, -0.25) is 0 Å². The van der Waals surface area contributed by atoms with Crippen molar-refractivity contribution >= 4 is 0 Å². The van der Waals surface area contributed by atoms with Gasteiger partial charge >= 0.3 is 0 Å². The van der Waals surface area contributed by atoms with E-state index in [4.69, 9.17) is 4.74 Å². The zero-order chi connectivity index (χ0) is 12.4. The highest BCUT2D eigenvalue weighted by Crippen LogP contribution is 2.26. The maximum atomic E-state index is 5.32. The van der Waals surface area contributed by atoms with Crippen LogP contribution in [0.1, 0.15) is 22.7 Å². The molecule has 0 radical (unpaired) electrons. The summed E-state index contributed by atoms with van der Waals surface area (Å²) in [5.74, 6) is 0.934. The summed E-state index contributed by atoms with van der Waals surface area (Å²) in [7, 11) is 1.72. The third-order valence-corrected chi connectivity index (χ3v) is 3.66. The van der Waals surface area contributed by atoms with Crippen LogP contribution in [0.15, 0.2) is 48.5 Å². The SMILES string of the molecule is COc1cccc([C@@H]2[NH2+]CCc3ccccc32)c1. The summed E-state index contributed by atoms with van der Waals surface area (Å²) in [6.07, 6.45) is 1.16. The second-order valence-electron chi connectivity index (χ2n) is 4.73. The molecule has 0 aliphatic carbocycles. The van der Waals surface area contributed by atoms with Crippen LogP contribution in [-0.4, -0.2) is 13.7 Å². The molecule has 1 heterocycles. The van der Waals surface area contributed by atoms with Crippen molar-refractivity contribution in [2.24, 2.45) is 0 Å². The van der Waals surface area contributed by atoms with Gasteiger partial charge in [0.25, 0.3) is 0 Å². The molecule has 0 amide bonds. The van der Waals surface area contributed by atoms with Gasteiger partial charge in [-0.2, -0.15) is 0 Å². The lowest BCUT2D eigenvalue weighted by Crippen LogP contribution is -2.87. The van der Waals surface area contributed by atoms with Crippen LogP contribution >= 0.6 is 0 Å². The van der Waals surface area contributed by atoms with Crippen LogP contribution < -0.4 is 10.1 Å². The van der Waals surface area contributed by atoms with Crippen molar-refractivity contribution in [3.8, 4) is 5.75 Å². The minimum Gasteiger partial charge on any atom is -0.497 e. The smallest absolute Gasteiger partial charge is 0.138 e. The lowest BCUT2D eigenvalue weighted by atomic mass is 9.90. The van der Waals surface area contributed by atoms with Crippen LogP contribution in [0.5, 0.6) is 5.75 Å². The van der Waals surface area contributed by atoms with Gasteiger partial charge in [0.05, 0.1) is 13.7 Å². The van der Waals surface area contributed by atoms with Crippen LogP contribution in [0, 0.1) is 0 Å². The first-order chi connectivity index (χ1) is 8.88. The summed E-state index contributed by atoms with van der Waals surface area (Å²) >= 11 is 0. The fourth-order valence-electron chi connectivity index (χ4n) is 2.75. The number of nitrogens with two attached hydrogens (primary N) is 1. The Morgan fingerprint density at radius 2 is 2.00 bits per heavy atom. The number of hydrogen-bond acceptors (Lipinski definition) is 1. The molecule has 0 bridgehead atoms. The quantitative estimate of drug-likeness (QED) is 0.852. The number of fused-ring (bicyclic) bond motifs is 1. The van der Waals surface area contributed by atoms with E-state index in [1.807, 2.05) is 6.07 Å². The van der Waals surface area contributed by atoms with E-state index in [-0.39, 0.29) is 0 Å². The van der Waals surface area contributed by atoms with Gasteiger partial charge in [0.1, 0.15) is 11.8 Å². The van der Waals surface area contributed by atoms with Gasteiger partial charge < -0.3 is 10.1 Å². The molecule has 0 fully saturated rings. The normalized spacial score (nSPS) is 18.2. The lowest BCUT2D eigenvalue weighted by Gasteiger charge is -2.24. The molecule has 1 aliphatic rings. The number of quaternary nitrogens is 1. The second kappa shape index (κ2) is 4.83. The monoisotopic (exact) mass is 240 g/mol. The summed E-state index contributed by atoms with van der Waals surface area (Å²) in [5, 5.41) is 2.41. The first-order valence-electron chi connectivity index (χ1n) is 6.43. The van der Waals surface area contributed by atoms with Crippen molar-refractivity contribution in [1.82, 2.24) is 0 Å². The molecule has 0 aromatic heterocycles. The highest BCUT2D eigenvalue weighted by Gasteiger charge is 2.24. The number of ether oxygens (including phenoxy) is 1. The molecule has 2 aromatic carbocycles. The summed E-state index contributed by atoms with van der Waals surface area (Å²) < 4.78 is 5.32. The molecule has 0 saturated heterocycles. The van der Waals surface area contributed by atoms with E-state index in [0.717, 1.165) is 18.7 Å². The summed E-state index contributed by atoms with van der Waals surface area (Å²) in [5.41, 5.74) is 4.24. The Labute approximate surface area is 108 Å². The third-order valence-electron chi connectivity index (χ3n) is 3.66. The van der Waals surface area contributed by atoms with Crippen molar-refractivity contribution in [2.75, 3.05) is 13.7 Å². The highest BCUT2D eigenvalue weighted by atomic mass is 16.5. The van der Waals surface area contributed by atoms with Gasteiger partial charge in [0.15, 0.2) is 0 Å². The largest absolute Gasteiger partial charge is 0.497 e. The number of hydrogen-bond donors (Lipinski definition) is 1. The first-order valence-corrected chi connectivity index (χ1v) is 6.43. The topological polar surface area (TPSA) is 25.8 Å². The van der Waals surface area contributed by atoms with Gasteiger partial charge in [0.2, 0.25) is 0 Å². The Bertz CT molecular complexity index is 550.